The molecule has 1 aromatic heterocycles. The molecule has 6 nitrogen and oxygen atoms in total. The van der Waals surface area contributed by atoms with E-state index in [-0.39, 0.29) is 11.8 Å². The number of carbonyl (C=O) groups excluding carboxylic acids is 1. The monoisotopic (exact) mass is 400 g/mol. The van der Waals surface area contributed by atoms with Crippen LogP contribution in [0.3, 0.4) is 0 Å². The fraction of sp³-hybridized carbons (Fsp3) is 0.524. The first kappa shape index (κ1) is 19.4. The van der Waals surface area contributed by atoms with E-state index < -0.39 is 0 Å². The molecule has 2 aromatic rings. The van der Waals surface area contributed by atoms with Gasteiger partial charge < -0.3 is 15.0 Å². The van der Waals surface area contributed by atoms with Crippen LogP contribution >= 0.6 is 11.3 Å². The number of rotatable bonds is 5. The molecule has 1 aromatic carbocycles. The standard InChI is InChI=1S/C21H28N4O2S/c1-16-22-18(15-28-16)14-24-8-6-17(7-9-24)21(26)23-19-4-2-3-5-20(19)25-10-12-27-13-11-25/h2-5,15,17H,6-14H2,1H3,(H,23,26). The third-order valence-corrected chi connectivity index (χ3v) is 6.35. The summed E-state index contributed by atoms with van der Waals surface area (Å²) in [5.41, 5.74) is 3.15. The molecule has 0 saturated carbocycles. The topological polar surface area (TPSA) is 57.7 Å². The molecular weight excluding hydrogens is 372 g/mol. The Labute approximate surface area is 170 Å². The largest absolute Gasteiger partial charge is 0.378 e. The summed E-state index contributed by atoms with van der Waals surface area (Å²) in [6, 6.07) is 8.10. The number of morpholine rings is 1. The van der Waals surface area contributed by atoms with Gasteiger partial charge in [0.25, 0.3) is 0 Å². The smallest absolute Gasteiger partial charge is 0.227 e. The lowest BCUT2D eigenvalue weighted by atomic mass is 9.95. The summed E-state index contributed by atoms with van der Waals surface area (Å²) in [6.07, 6.45) is 1.79. The van der Waals surface area contributed by atoms with Crippen molar-refractivity contribution in [2.45, 2.75) is 26.3 Å². The van der Waals surface area contributed by atoms with E-state index in [9.17, 15) is 4.79 Å². The van der Waals surface area contributed by atoms with Crippen molar-refractivity contribution in [3.05, 3.63) is 40.3 Å². The Morgan fingerprint density at radius 3 is 2.68 bits per heavy atom. The van der Waals surface area contributed by atoms with Crippen LogP contribution in [-0.2, 0) is 16.1 Å². The number of hydrogen-bond donors (Lipinski definition) is 1. The van der Waals surface area contributed by atoms with Gasteiger partial charge in [-0.05, 0) is 45.0 Å². The Kier molecular flexibility index (Phi) is 6.24. The Hall–Kier alpha value is -1.96. The lowest BCUT2D eigenvalue weighted by Gasteiger charge is -2.32. The minimum absolute atomic E-state index is 0.0752. The van der Waals surface area contributed by atoms with Gasteiger partial charge in [-0.1, -0.05) is 12.1 Å². The van der Waals surface area contributed by atoms with Crippen LogP contribution in [0.5, 0.6) is 0 Å². The van der Waals surface area contributed by atoms with E-state index in [0.29, 0.717) is 0 Å². The molecule has 2 aliphatic rings. The first-order valence-corrected chi connectivity index (χ1v) is 10.9. The van der Waals surface area contributed by atoms with Crippen LogP contribution in [0.2, 0.25) is 0 Å². The Bertz CT molecular complexity index is 795. The van der Waals surface area contributed by atoms with E-state index in [2.05, 4.69) is 31.5 Å². The summed E-state index contributed by atoms with van der Waals surface area (Å²) < 4.78 is 5.45. The van der Waals surface area contributed by atoms with Crippen molar-refractivity contribution in [3.8, 4) is 0 Å². The van der Waals surface area contributed by atoms with Crippen molar-refractivity contribution in [1.82, 2.24) is 9.88 Å². The van der Waals surface area contributed by atoms with E-state index in [1.807, 2.05) is 25.1 Å². The minimum atomic E-state index is 0.0752. The van der Waals surface area contributed by atoms with Gasteiger partial charge in [0.1, 0.15) is 0 Å². The Balaban J connectivity index is 1.32. The summed E-state index contributed by atoms with van der Waals surface area (Å²) in [5.74, 6) is 0.219. The van der Waals surface area contributed by atoms with Crippen molar-refractivity contribution in [1.29, 1.82) is 0 Å². The van der Waals surface area contributed by atoms with Crippen LogP contribution in [0.1, 0.15) is 23.5 Å². The number of para-hydroxylation sites is 2. The van der Waals surface area contributed by atoms with Crippen molar-refractivity contribution < 1.29 is 9.53 Å². The first-order valence-electron chi connectivity index (χ1n) is 10.0. The molecule has 2 fully saturated rings. The summed E-state index contributed by atoms with van der Waals surface area (Å²) >= 11 is 1.70. The van der Waals surface area contributed by atoms with E-state index in [1.165, 1.54) is 0 Å². The zero-order chi connectivity index (χ0) is 19.3. The van der Waals surface area contributed by atoms with Gasteiger partial charge in [0, 0.05) is 30.9 Å². The molecule has 1 N–H and O–H groups in total. The second kappa shape index (κ2) is 9.03. The fourth-order valence-electron chi connectivity index (χ4n) is 3.96. The number of aryl methyl sites for hydroxylation is 1. The van der Waals surface area contributed by atoms with E-state index in [1.54, 1.807) is 11.3 Å². The van der Waals surface area contributed by atoms with Crippen LogP contribution in [0.25, 0.3) is 0 Å². The first-order chi connectivity index (χ1) is 13.7. The molecule has 0 aliphatic carbocycles. The Morgan fingerprint density at radius 1 is 1.21 bits per heavy atom. The zero-order valence-corrected chi connectivity index (χ0v) is 17.2. The summed E-state index contributed by atoms with van der Waals surface area (Å²) in [5, 5.41) is 6.44. The van der Waals surface area contributed by atoms with Crippen molar-refractivity contribution in [3.63, 3.8) is 0 Å². The SMILES string of the molecule is Cc1nc(CN2CCC(C(=O)Nc3ccccc3N3CCOCC3)CC2)cs1. The van der Waals surface area contributed by atoms with Gasteiger partial charge in [-0.15, -0.1) is 11.3 Å². The van der Waals surface area contributed by atoms with E-state index in [0.717, 1.165) is 80.9 Å². The molecule has 0 atom stereocenters. The number of likely N-dealkylation sites (tertiary alicyclic amines) is 1. The van der Waals surface area contributed by atoms with Crippen LogP contribution in [0.4, 0.5) is 11.4 Å². The van der Waals surface area contributed by atoms with Gasteiger partial charge >= 0.3 is 0 Å². The van der Waals surface area contributed by atoms with Gasteiger partial charge in [-0.2, -0.15) is 0 Å². The summed E-state index contributed by atoms with van der Waals surface area (Å²) in [4.78, 5) is 22.1. The number of ether oxygens (including phenoxy) is 1. The van der Waals surface area contributed by atoms with Gasteiger partial charge in [-0.25, -0.2) is 4.98 Å². The molecule has 0 bridgehead atoms. The number of hydrogen-bond acceptors (Lipinski definition) is 6. The molecule has 150 valence electrons. The number of carbonyl (C=O) groups is 1. The lowest BCUT2D eigenvalue weighted by Crippen LogP contribution is -2.39. The lowest BCUT2D eigenvalue weighted by molar-refractivity contribution is -0.121. The molecular formula is C21H28N4O2S. The van der Waals surface area contributed by atoms with Crippen molar-refractivity contribution in [2.75, 3.05) is 49.6 Å². The highest BCUT2D eigenvalue weighted by molar-refractivity contribution is 7.09. The van der Waals surface area contributed by atoms with Crippen LogP contribution < -0.4 is 10.2 Å². The van der Waals surface area contributed by atoms with Crippen LogP contribution in [0.15, 0.2) is 29.6 Å². The molecule has 3 heterocycles. The molecule has 7 heteroatoms. The second-order valence-electron chi connectivity index (χ2n) is 7.51. The fourth-order valence-corrected chi connectivity index (χ4v) is 4.56. The van der Waals surface area contributed by atoms with Crippen LogP contribution in [0, 0.1) is 12.8 Å². The minimum Gasteiger partial charge on any atom is -0.378 e. The third-order valence-electron chi connectivity index (χ3n) is 5.52. The maximum absolute atomic E-state index is 12.9. The predicted molar refractivity (Wildman–Crippen MR) is 113 cm³/mol. The highest BCUT2D eigenvalue weighted by Crippen LogP contribution is 2.28. The van der Waals surface area contributed by atoms with E-state index >= 15 is 0 Å². The molecule has 4 rings (SSSR count). The highest BCUT2D eigenvalue weighted by atomic mass is 32.1. The number of nitrogens with one attached hydrogen (secondary N) is 1. The highest BCUT2D eigenvalue weighted by Gasteiger charge is 2.26. The molecule has 1 amide bonds. The maximum Gasteiger partial charge on any atom is 0.227 e. The number of amides is 1. The number of thiazole rings is 1. The molecule has 0 radical (unpaired) electrons. The zero-order valence-electron chi connectivity index (χ0n) is 16.4. The predicted octanol–water partition coefficient (Wildman–Crippen LogP) is 3.14. The molecule has 0 unspecified atom stereocenters. The van der Waals surface area contributed by atoms with Gasteiger partial charge in [0.05, 0.1) is 35.3 Å². The molecule has 2 saturated heterocycles. The molecule has 0 spiro atoms. The normalized spacial score (nSPS) is 19.0. The quantitative estimate of drug-likeness (QED) is 0.836. The average Bonchev–Trinajstić information content (AvgIpc) is 3.14. The van der Waals surface area contributed by atoms with Crippen molar-refractivity contribution >= 4 is 28.6 Å². The average molecular weight is 401 g/mol. The number of piperidine rings is 1. The second-order valence-corrected chi connectivity index (χ2v) is 8.58. The maximum atomic E-state index is 12.9. The van der Waals surface area contributed by atoms with Crippen LogP contribution in [-0.4, -0.2) is 55.2 Å². The Morgan fingerprint density at radius 2 is 1.96 bits per heavy atom. The number of aromatic nitrogens is 1. The van der Waals surface area contributed by atoms with E-state index in [4.69, 9.17) is 4.74 Å². The van der Waals surface area contributed by atoms with Gasteiger partial charge in [-0.3, -0.25) is 9.69 Å². The van der Waals surface area contributed by atoms with Gasteiger partial charge in [0.15, 0.2) is 0 Å². The summed E-state index contributed by atoms with van der Waals surface area (Å²) in [7, 11) is 0. The number of nitrogens with zero attached hydrogens (tertiary/aromatic N) is 3. The molecule has 2 aliphatic heterocycles. The third kappa shape index (κ3) is 4.71. The van der Waals surface area contributed by atoms with Gasteiger partial charge in [0.2, 0.25) is 5.91 Å². The van der Waals surface area contributed by atoms with Crippen molar-refractivity contribution in [2.24, 2.45) is 5.92 Å². The number of benzene rings is 1. The summed E-state index contributed by atoms with van der Waals surface area (Å²) in [6.45, 7) is 8.01. The number of anilines is 2. The molecule has 28 heavy (non-hydrogen) atoms.